The van der Waals surface area contributed by atoms with Crippen LogP contribution >= 0.6 is 0 Å². The Morgan fingerprint density at radius 3 is 2.93 bits per heavy atom. The Balaban J connectivity index is 2.37. The Labute approximate surface area is 82.8 Å². The van der Waals surface area contributed by atoms with Gasteiger partial charge in [0, 0.05) is 11.6 Å². The lowest BCUT2D eigenvalue weighted by Gasteiger charge is -2.13. The number of aromatic hydroxyl groups is 1. The maximum absolute atomic E-state index is 13.3. The van der Waals surface area contributed by atoms with Gasteiger partial charge in [0.1, 0.15) is 11.6 Å². The van der Waals surface area contributed by atoms with Crippen molar-refractivity contribution in [1.82, 2.24) is 5.32 Å². The number of phenolic OH excluding ortho intramolecular Hbond substituents is 1. The molecule has 2 nitrogen and oxygen atoms in total. The molecule has 76 valence electrons. The second kappa shape index (κ2) is 3.58. The van der Waals surface area contributed by atoms with Crippen LogP contribution < -0.4 is 5.32 Å². The highest BCUT2D eigenvalue weighted by Gasteiger charge is 2.20. The van der Waals surface area contributed by atoms with Gasteiger partial charge in [-0.05, 0) is 44.0 Å². The third kappa shape index (κ3) is 1.60. The normalized spacial score (nSPS) is 21.4. The number of rotatable bonds is 1. The topological polar surface area (TPSA) is 32.3 Å². The molecule has 1 aromatic rings. The van der Waals surface area contributed by atoms with Gasteiger partial charge in [-0.1, -0.05) is 0 Å². The predicted octanol–water partition coefficient (Wildman–Crippen LogP) is 2.26. The van der Waals surface area contributed by atoms with Gasteiger partial charge in [0.2, 0.25) is 0 Å². The maximum atomic E-state index is 13.3. The van der Waals surface area contributed by atoms with Crippen LogP contribution in [0, 0.1) is 12.7 Å². The van der Waals surface area contributed by atoms with Crippen LogP contribution in [0.25, 0.3) is 0 Å². The molecule has 3 heteroatoms. The number of phenols is 1. The molecule has 0 bridgehead atoms. The summed E-state index contributed by atoms with van der Waals surface area (Å²) in [6.07, 6.45) is 2.05. The minimum absolute atomic E-state index is 0.116. The molecule has 0 aliphatic carbocycles. The zero-order valence-corrected chi connectivity index (χ0v) is 8.18. The van der Waals surface area contributed by atoms with Crippen molar-refractivity contribution in [2.75, 3.05) is 6.54 Å². The Morgan fingerprint density at radius 1 is 1.50 bits per heavy atom. The molecule has 0 amide bonds. The Morgan fingerprint density at radius 2 is 2.29 bits per heavy atom. The van der Waals surface area contributed by atoms with Crippen LogP contribution in [0.2, 0.25) is 0 Å². The average Bonchev–Trinajstić information content (AvgIpc) is 2.64. The third-order valence-electron chi connectivity index (χ3n) is 2.74. The van der Waals surface area contributed by atoms with Crippen LogP contribution in [0.5, 0.6) is 5.75 Å². The van der Waals surface area contributed by atoms with Crippen LogP contribution in [-0.4, -0.2) is 11.7 Å². The lowest BCUT2D eigenvalue weighted by atomic mass is 10.0. The van der Waals surface area contributed by atoms with Crippen molar-refractivity contribution in [2.45, 2.75) is 25.8 Å². The van der Waals surface area contributed by atoms with E-state index in [1.807, 2.05) is 0 Å². The Kier molecular flexibility index (Phi) is 2.42. The summed E-state index contributed by atoms with van der Waals surface area (Å²) in [7, 11) is 0. The number of benzene rings is 1. The van der Waals surface area contributed by atoms with Crippen molar-refractivity contribution in [3.63, 3.8) is 0 Å². The van der Waals surface area contributed by atoms with E-state index in [4.69, 9.17) is 0 Å². The molecule has 0 radical (unpaired) electrons. The molecule has 1 fully saturated rings. The number of nitrogens with one attached hydrogen (secondary N) is 1. The molecular formula is C11H14FNO. The first kappa shape index (κ1) is 9.46. The molecule has 1 saturated heterocycles. The summed E-state index contributed by atoms with van der Waals surface area (Å²) in [6, 6.07) is 3.04. The minimum Gasteiger partial charge on any atom is -0.508 e. The summed E-state index contributed by atoms with van der Waals surface area (Å²) < 4.78 is 13.3. The highest BCUT2D eigenvalue weighted by molar-refractivity contribution is 5.39. The summed E-state index contributed by atoms with van der Waals surface area (Å²) in [6.45, 7) is 2.60. The largest absolute Gasteiger partial charge is 0.508 e. The second-order valence-electron chi connectivity index (χ2n) is 3.81. The minimum atomic E-state index is -0.244. The van der Waals surface area contributed by atoms with Crippen molar-refractivity contribution in [3.05, 3.63) is 29.1 Å². The zero-order chi connectivity index (χ0) is 10.1. The van der Waals surface area contributed by atoms with Crippen LogP contribution in [0.15, 0.2) is 12.1 Å². The van der Waals surface area contributed by atoms with E-state index in [-0.39, 0.29) is 17.6 Å². The summed E-state index contributed by atoms with van der Waals surface area (Å²) in [5.74, 6) is -0.0465. The number of hydrogen-bond donors (Lipinski definition) is 2. The van der Waals surface area contributed by atoms with Crippen molar-refractivity contribution in [3.8, 4) is 5.75 Å². The van der Waals surface area contributed by atoms with Gasteiger partial charge in [0.15, 0.2) is 0 Å². The van der Waals surface area contributed by atoms with Gasteiger partial charge >= 0.3 is 0 Å². The number of hydrogen-bond acceptors (Lipinski definition) is 2. The van der Waals surface area contributed by atoms with Crippen LogP contribution in [-0.2, 0) is 0 Å². The SMILES string of the molecule is Cc1cc(O)c(C2CCCN2)cc1F. The molecule has 1 aromatic carbocycles. The molecule has 14 heavy (non-hydrogen) atoms. The first-order chi connectivity index (χ1) is 6.68. The van der Waals surface area contributed by atoms with Crippen LogP contribution in [0.3, 0.4) is 0 Å². The molecule has 1 unspecified atom stereocenters. The number of aryl methyl sites for hydroxylation is 1. The highest BCUT2D eigenvalue weighted by Crippen LogP contribution is 2.31. The van der Waals surface area contributed by atoms with Crippen molar-refractivity contribution >= 4 is 0 Å². The van der Waals surface area contributed by atoms with Crippen molar-refractivity contribution in [1.29, 1.82) is 0 Å². The van der Waals surface area contributed by atoms with Gasteiger partial charge in [0.25, 0.3) is 0 Å². The molecule has 0 spiro atoms. The van der Waals surface area contributed by atoms with Gasteiger partial charge in [-0.25, -0.2) is 4.39 Å². The maximum Gasteiger partial charge on any atom is 0.126 e. The summed E-state index contributed by atoms with van der Waals surface area (Å²) in [5.41, 5.74) is 1.18. The summed E-state index contributed by atoms with van der Waals surface area (Å²) >= 11 is 0. The smallest absolute Gasteiger partial charge is 0.126 e. The molecule has 1 aliphatic heterocycles. The van der Waals surface area contributed by atoms with Gasteiger partial charge in [-0.2, -0.15) is 0 Å². The van der Waals surface area contributed by atoms with Crippen molar-refractivity contribution in [2.24, 2.45) is 0 Å². The molecule has 2 N–H and O–H groups in total. The van der Waals surface area contributed by atoms with E-state index in [0.717, 1.165) is 19.4 Å². The first-order valence-corrected chi connectivity index (χ1v) is 4.91. The van der Waals surface area contributed by atoms with Gasteiger partial charge in [-0.15, -0.1) is 0 Å². The van der Waals surface area contributed by atoms with E-state index < -0.39 is 0 Å². The second-order valence-corrected chi connectivity index (χ2v) is 3.81. The van der Waals surface area contributed by atoms with E-state index in [0.29, 0.717) is 11.1 Å². The van der Waals surface area contributed by atoms with Gasteiger partial charge in [0.05, 0.1) is 0 Å². The van der Waals surface area contributed by atoms with Crippen molar-refractivity contribution < 1.29 is 9.50 Å². The van der Waals surface area contributed by atoms with E-state index >= 15 is 0 Å². The van der Waals surface area contributed by atoms with E-state index in [1.54, 1.807) is 6.92 Å². The molecule has 1 heterocycles. The lowest BCUT2D eigenvalue weighted by molar-refractivity contribution is 0.452. The molecule has 2 rings (SSSR count). The fourth-order valence-corrected chi connectivity index (χ4v) is 1.91. The fraction of sp³-hybridized carbons (Fsp3) is 0.455. The highest BCUT2D eigenvalue weighted by atomic mass is 19.1. The van der Waals surface area contributed by atoms with E-state index in [9.17, 15) is 9.50 Å². The average molecular weight is 195 g/mol. The van der Waals surface area contributed by atoms with Crippen LogP contribution in [0.4, 0.5) is 4.39 Å². The van der Waals surface area contributed by atoms with Crippen LogP contribution in [0.1, 0.15) is 30.0 Å². The molecule has 0 aromatic heterocycles. The third-order valence-corrected chi connectivity index (χ3v) is 2.74. The summed E-state index contributed by atoms with van der Waals surface area (Å²) in [4.78, 5) is 0. The fourth-order valence-electron chi connectivity index (χ4n) is 1.91. The monoisotopic (exact) mass is 195 g/mol. The van der Waals surface area contributed by atoms with E-state index in [2.05, 4.69) is 5.32 Å². The standard InChI is InChI=1S/C11H14FNO/c1-7-5-11(14)8(6-9(7)12)10-3-2-4-13-10/h5-6,10,13-14H,2-4H2,1H3. The summed E-state index contributed by atoms with van der Waals surface area (Å²) in [5, 5.41) is 12.9. The van der Waals surface area contributed by atoms with E-state index in [1.165, 1.54) is 12.1 Å². The van der Waals surface area contributed by atoms with Gasteiger partial charge in [-0.3, -0.25) is 0 Å². The molecule has 0 saturated carbocycles. The zero-order valence-electron chi connectivity index (χ0n) is 8.18. The first-order valence-electron chi connectivity index (χ1n) is 4.91. The van der Waals surface area contributed by atoms with Gasteiger partial charge < -0.3 is 10.4 Å². The molecule has 1 aliphatic rings. The molecule has 1 atom stereocenters. The Bertz CT molecular complexity index is 345. The molecular weight excluding hydrogens is 181 g/mol. The lowest BCUT2D eigenvalue weighted by Crippen LogP contribution is -2.13. The quantitative estimate of drug-likeness (QED) is 0.720. The predicted molar refractivity (Wildman–Crippen MR) is 52.8 cm³/mol. The Hall–Kier alpha value is -1.09. The number of halogens is 1.